The van der Waals surface area contributed by atoms with E-state index < -0.39 is 11.7 Å². The largest absolute Gasteiger partial charge is 0.444 e. The summed E-state index contributed by atoms with van der Waals surface area (Å²) in [6, 6.07) is 0. The zero-order chi connectivity index (χ0) is 12.3. The van der Waals surface area contributed by atoms with Crippen molar-refractivity contribution in [3.63, 3.8) is 0 Å². The molecular formula is C9H11BrClN3O2. The molecule has 1 amide bonds. The number of ether oxygens (including phenoxy) is 1. The summed E-state index contributed by atoms with van der Waals surface area (Å²) in [5.41, 5.74) is -0.570. The maximum atomic E-state index is 11.4. The highest BCUT2D eigenvalue weighted by Crippen LogP contribution is 2.19. The Balaban J connectivity index is 2.70. The average molecular weight is 309 g/mol. The van der Waals surface area contributed by atoms with Crippen LogP contribution in [0.25, 0.3) is 0 Å². The Kier molecular flexibility index (Phi) is 4.09. The molecule has 1 N–H and O–H groups in total. The Morgan fingerprint density at radius 3 is 2.69 bits per heavy atom. The van der Waals surface area contributed by atoms with Crippen LogP contribution in [0.3, 0.4) is 0 Å². The van der Waals surface area contributed by atoms with E-state index in [0.717, 1.165) is 0 Å². The zero-order valence-corrected chi connectivity index (χ0v) is 11.4. The van der Waals surface area contributed by atoms with Crippen LogP contribution in [-0.2, 0) is 4.74 Å². The normalized spacial score (nSPS) is 11.1. The number of nitrogens with one attached hydrogen (secondary N) is 1. The topological polar surface area (TPSA) is 64.1 Å². The summed E-state index contributed by atoms with van der Waals surface area (Å²) < 4.78 is 5.53. The fourth-order valence-corrected chi connectivity index (χ4v) is 1.40. The summed E-state index contributed by atoms with van der Waals surface area (Å²) in [4.78, 5) is 19.2. The van der Waals surface area contributed by atoms with Gasteiger partial charge in [-0.3, -0.25) is 5.32 Å². The number of carbonyl (C=O) groups excluding carboxylic acids is 1. The van der Waals surface area contributed by atoms with Crippen molar-refractivity contribution in [3.8, 4) is 0 Å². The first-order valence-electron chi connectivity index (χ1n) is 4.46. The van der Waals surface area contributed by atoms with Crippen molar-refractivity contribution in [2.24, 2.45) is 0 Å². The Morgan fingerprint density at radius 1 is 1.56 bits per heavy atom. The molecule has 0 aromatic carbocycles. The summed E-state index contributed by atoms with van der Waals surface area (Å²) in [7, 11) is 0. The second-order valence-electron chi connectivity index (χ2n) is 3.96. The molecule has 1 aromatic rings. The lowest BCUT2D eigenvalue weighted by molar-refractivity contribution is 0.0635. The van der Waals surface area contributed by atoms with Gasteiger partial charge in [-0.05, 0) is 36.7 Å². The minimum atomic E-state index is -0.619. The van der Waals surface area contributed by atoms with E-state index in [1.165, 1.54) is 6.20 Å². The van der Waals surface area contributed by atoms with Crippen molar-refractivity contribution in [3.05, 3.63) is 16.0 Å². The molecule has 16 heavy (non-hydrogen) atoms. The van der Waals surface area contributed by atoms with Gasteiger partial charge in [-0.2, -0.15) is 0 Å². The molecular weight excluding hydrogens is 297 g/mol. The number of anilines is 1. The van der Waals surface area contributed by atoms with Crippen molar-refractivity contribution in [1.82, 2.24) is 9.97 Å². The van der Waals surface area contributed by atoms with E-state index in [0.29, 0.717) is 4.60 Å². The zero-order valence-electron chi connectivity index (χ0n) is 9.04. The lowest BCUT2D eigenvalue weighted by Gasteiger charge is -2.19. The van der Waals surface area contributed by atoms with Crippen molar-refractivity contribution >= 4 is 39.4 Å². The third kappa shape index (κ3) is 4.32. The monoisotopic (exact) mass is 307 g/mol. The highest BCUT2D eigenvalue weighted by atomic mass is 79.9. The van der Waals surface area contributed by atoms with Crippen LogP contribution < -0.4 is 5.32 Å². The number of carbonyl (C=O) groups is 1. The molecule has 0 aliphatic carbocycles. The van der Waals surface area contributed by atoms with Gasteiger partial charge < -0.3 is 4.74 Å². The summed E-state index contributed by atoms with van der Waals surface area (Å²) in [5, 5.41) is 2.50. The van der Waals surface area contributed by atoms with E-state index >= 15 is 0 Å². The molecule has 1 heterocycles. The SMILES string of the molecule is CC(C)(C)OC(=O)Nc1ncc(Br)nc1Cl. The molecule has 0 radical (unpaired) electrons. The van der Waals surface area contributed by atoms with Crippen LogP contribution in [0, 0.1) is 0 Å². The third-order valence-corrected chi connectivity index (χ3v) is 1.97. The van der Waals surface area contributed by atoms with Crippen molar-refractivity contribution < 1.29 is 9.53 Å². The van der Waals surface area contributed by atoms with Crippen molar-refractivity contribution in [1.29, 1.82) is 0 Å². The van der Waals surface area contributed by atoms with Crippen LogP contribution in [0.1, 0.15) is 20.8 Å². The summed E-state index contributed by atoms with van der Waals surface area (Å²) in [5.74, 6) is 0.166. The Morgan fingerprint density at radius 2 is 2.19 bits per heavy atom. The summed E-state index contributed by atoms with van der Waals surface area (Å²) in [6.07, 6.45) is 0.810. The maximum Gasteiger partial charge on any atom is 0.413 e. The predicted molar refractivity (Wildman–Crippen MR) is 64.6 cm³/mol. The van der Waals surface area contributed by atoms with Gasteiger partial charge in [0.2, 0.25) is 0 Å². The molecule has 0 atom stereocenters. The molecule has 0 saturated carbocycles. The summed E-state index contributed by atoms with van der Waals surface area (Å²) >= 11 is 8.88. The quantitative estimate of drug-likeness (QED) is 0.865. The van der Waals surface area contributed by atoms with Gasteiger partial charge in [-0.15, -0.1) is 0 Å². The Labute approximate surface area is 107 Å². The van der Waals surface area contributed by atoms with Gasteiger partial charge in [-0.1, -0.05) is 11.6 Å². The predicted octanol–water partition coefficient (Wildman–Crippen LogP) is 3.24. The maximum absolute atomic E-state index is 11.4. The Bertz CT molecular complexity index is 406. The smallest absolute Gasteiger partial charge is 0.413 e. The van der Waals surface area contributed by atoms with Crippen LogP contribution in [0.2, 0.25) is 5.15 Å². The first-order chi connectivity index (χ1) is 7.28. The van der Waals surface area contributed by atoms with Gasteiger partial charge in [0.1, 0.15) is 10.2 Å². The highest BCUT2D eigenvalue weighted by molar-refractivity contribution is 9.10. The molecule has 0 saturated heterocycles. The van der Waals surface area contributed by atoms with Gasteiger partial charge in [0.15, 0.2) is 11.0 Å². The molecule has 7 heteroatoms. The van der Waals surface area contributed by atoms with Gasteiger partial charge in [-0.25, -0.2) is 14.8 Å². The minimum Gasteiger partial charge on any atom is -0.444 e. The number of aromatic nitrogens is 2. The molecule has 0 bridgehead atoms. The lowest BCUT2D eigenvalue weighted by atomic mass is 10.2. The fourth-order valence-electron chi connectivity index (χ4n) is 0.831. The molecule has 88 valence electrons. The van der Waals surface area contributed by atoms with Crippen LogP contribution in [0.5, 0.6) is 0 Å². The standard InChI is InChI=1S/C9H11BrClN3O2/c1-9(2,3)16-8(15)14-7-6(11)13-5(10)4-12-7/h4H,1-3H3,(H,12,14,15). The van der Waals surface area contributed by atoms with Crippen LogP contribution >= 0.6 is 27.5 Å². The number of hydrogen-bond donors (Lipinski definition) is 1. The first-order valence-corrected chi connectivity index (χ1v) is 5.63. The minimum absolute atomic E-state index is 0.0974. The second kappa shape index (κ2) is 4.97. The van der Waals surface area contributed by atoms with E-state index in [4.69, 9.17) is 16.3 Å². The first kappa shape index (κ1) is 13.2. The lowest BCUT2D eigenvalue weighted by Crippen LogP contribution is -2.27. The number of halogens is 2. The highest BCUT2D eigenvalue weighted by Gasteiger charge is 2.17. The molecule has 0 aliphatic heterocycles. The van der Waals surface area contributed by atoms with E-state index in [2.05, 4.69) is 31.2 Å². The van der Waals surface area contributed by atoms with Crippen LogP contribution in [-0.4, -0.2) is 21.7 Å². The Hall–Kier alpha value is -0.880. The van der Waals surface area contributed by atoms with Gasteiger partial charge >= 0.3 is 6.09 Å². The van der Waals surface area contributed by atoms with E-state index in [-0.39, 0.29) is 11.0 Å². The van der Waals surface area contributed by atoms with Crippen LogP contribution in [0.15, 0.2) is 10.8 Å². The van der Waals surface area contributed by atoms with E-state index in [1.807, 2.05) is 0 Å². The number of amides is 1. The van der Waals surface area contributed by atoms with Crippen molar-refractivity contribution in [2.75, 3.05) is 5.32 Å². The van der Waals surface area contributed by atoms with Gasteiger partial charge in [0.25, 0.3) is 0 Å². The molecule has 1 aromatic heterocycles. The summed E-state index contributed by atoms with van der Waals surface area (Å²) in [6.45, 7) is 5.30. The fraction of sp³-hybridized carbons (Fsp3) is 0.444. The second-order valence-corrected chi connectivity index (χ2v) is 5.13. The van der Waals surface area contributed by atoms with Crippen molar-refractivity contribution in [2.45, 2.75) is 26.4 Å². The molecule has 0 unspecified atom stereocenters. The molecule has 5 nitrogen and oxygen atoms in total. The molecule has 0 spiro atoms. The van der Waals surface area contributed by atoms with Gasteiger partial charge in [0.05, 0.1) is 6.20 Å². The van der Waals surface area contributed by atoms with E-state index in [1.54, 1.807) is 20.8 Å². The molecule has 1 rings (SSSR count). The van der Waals surface area contributed by atoms with Gasteiger partial charge in [0, 0.05) is 0 Å². The number of hydrogen-bond acceptors (Lipinski definition) is 4. The average Bonchev–Trinajstić information content (AvgIpc) is 2.06. The number of rotatable bonds is 1. The van der Waals surface area contributed by atoms with E-state index in [9.17, 15) is 4.79 Å². The molecule has 0 fully saturated rings. The molecule has 0 aliphatic rings. The third-order valence-electron chi connectivity index (χ3n) is 1.32. The number of nitrogens with zero attached hydrogens (tertiary/aromatic N) is 2. The van der Waals surface area contributed by atoms with Crippen LogP contribution in [0.4, 0.5) is 10.6 Å².